The van der Waals surface area contributed by atoms with E-state index in [4.69, 9.17) is 9.15 Å². The van der Waals surface area contributed by atoms with E-state index in [-0.39, 0.29) is 25.0 Å². The number of aryl methyl sites for hydroxylation is 1. The number of likely N-dealkylation sites (N-methyl/N-ethyl adjacent to an activating group) is 1. The smallest absolute Gasteiger partial charge is 0.310 e. The summed E-state index contributed by atoms with van der Waals surface area (Å²) in [5.74, 6) is -0.695. The number of nitrogens with zero attached hydrogens (tertiary/aromatic N) is 1. The van der Waals surface area contributed by atoms with Crippen molar-refractivity contribution in [2.75, 3.05) is 13.7 Å². The Morgan fingerprint density at radius 1 is 1.15 bits per heavy atom. The van der Waals surface area contributed by atoms with Gasteiger partial charge in [0.15, 0.2) is 6.61 Å². The summed E-state index contributed by atoms with van der Waals surface area (Å²) >= 11 is 0. The first-order valence-electron chi connectivity index (χ1n) is 8.88. The molecule has 5 heteroatoms. The summed E-state index contributed by atoms with van der Waals surface area (Å²) in [5.41, 5.74) is 3.62. The molecule has 1 unspecified atom stereocenters. The number of benzene rings is 2. The Morgan fingerprint density at radius 3 is 2.63 bits per heavy atom. The quantitative estimate of drug-likeness (QED) is 0.619. The maximum Gasteiger partial charge on any atom is 0.310 e. The third kappa shape index (κ3) is 4.37. The number of furan rings is 1. The molecule has 0 fully saturated rings. The van der Waals surface area contributed by atoms with Crippen LogP contribution in [0.5, 0.6) is 0 Å². The van der Waals surface area contributed by atoms with Crippen LogP contribution in [0, 0.1) is 6.92 Å². The number of rotatable bonds is 6. The van der Waals surface area contributed by atoms with Crippen LogP contribution in [-0.4, -0.2) is 30.4 Å². The van der Waals surface area contributed by atoms with E-state index in [0.29, 0.717) is 0 Å². The Hall–Kier alpha value is -3.08. The molecule has 3 aromatic rings. The predicted molar refractivity (Wildman–Crippen MR) is 103 cm³/mol. The van der Waals surface area contributed by atoms with Crippen LogP contribution in [0.15, 0.2) is 59.2 Å². The first-order chi connectivity index (χ1) is 13.0. The lowest BCUT2D eigenvalue weighted by atomic mass is 10.1. The molecule has 27 heavy (non-hydrogen) atoms. The van der Waals surface area contributed by atoms with Gasteiger partial charge in [-0.2, -0.15) is 0 Å². The molecule has 0 bridgehead atoms. The van der Waals surface area contributed by atoms with Crippen molar-refractivity contribution in [1.29, 1.82) is 0 Å². The molecule has 1 heterocycles. The molecule has 0 aliphatic rings. The van der Waals surface area contributed by atoms with Crippen molar-refractivity contribution in [3.63, 3.8) is 0 Å². The zero-order valence-electron chi connectivity index (χ0n) is 15.8. The molecule has 0 aliphatic heterocycles. The first-order valence-corrected chi connectivity index (χ1v) is 8.88. The summed E-state index contributed by atoms with van der Waals surface area (Å²) in [6, 6.07) is 15.4. The van der Waals surface area contributed by atoms with E-state index in [1.165, 1.54) is 0 Å². The third-order valence-electron chi connectivity index (χ3n) is 4.76. The van der Waals surface area contributed by atoms with Crippen molar-refractivity contribution in [2.24, 2.45) is 0 Å². The van der Waals surface area contributed by atoms with E-state index >= 15 is 0 Å². The highest BCUT2D eigenvalue weighted by atomic mass is 16.5. The van der Waals surface area contributed by atoms with E-state index in [0.717, 1.165) is 27.7 Å². The highest BCUT2D eigenvalue weighted by Crippen LogP contribution is 2.23. The lowest BCUT2D eigenvalue weighted by Gasteiger charge is -2.25. The average Bonchev–Trinajstić information content (AvgIpc) is 3.07. The summed E-state index contributed by atoms with van der Waals surface area (Å²) in [5, 5.41) is 0.888. The average molecular weight is 365 g/mol. The summed E-state index contributed by atoms with van der Waals surface area (Å²) in [6.45, 7) is 3.64. The van der Waals surface area contributed by atoms with Gasteiger partial charge >= 0.3 is 5.97 Å². The van der Waals surface area contributed by atoms with Crippen LogP contribution in [0.25, 0.3) is 11.0 Å². The molecular weight excluding hydrogens is 342 g/mol. The van der Waals surface area contributed by atoms with Gasteiger partial charge in [0.05, 0.1) is 18.7 Å². The molecule has 0 spiro atoms. The second-order valence-corrected chi connectivity index (χ2v) is 6.69. The van der Waals surface area contributed by atoms with Crippen LogP contribution >= 0.6 is 0 Å². The van der Waals surface area contributed by atoms with E-state index in [1.54, 1.807) is 18.2 Å². The van der Waals surface area contributed by atoms with E-state index in [2.05, 4.69) is 0 Å². The Balaban J connectivity index is 1.56. The number of hydrogen-bond donors (Lipinski definition) is 0. The first kappa shape index (κ1) is 18.7. The largest absolute Gasteiger partial charge is 0.464 e. The summed E-state index contributed by atoms with van der Waals surface area (Å²) in [6.07, 6.45) is 1.64. The molecule has 1 aromatic heterocycles. The van der Waals surface area contributed by atoms with Crippen molar-refractivity contribution < 1.29 is 18.7 Å². The van der Waals surface area contributed by atoms with Gasteiger partial charge in [0.2, 0.25) is 0 Å². The topological polar surface area (TPSA) is 59.8 Å². The zero-order chi connectivity index (χ0) is 19.4. The molecule has 0 saturated heterocycles. The van der Waals surface area contributed by atoms with Crippen molar-refractivity contribution in [3.8, 4) is 0 Å². The molecule has 1 amide bonds. The Morgan fingerprint density at radius 2 is 1.89 bits per heavy atom. The van der Waals surface area contributed by atoms with Gasteiger partial charge in [-0.15, -0.1) is 0 Å². The molecule has 0 N–H and O–H groups in total. The van der Waals surface area contributed by atoms with Crippen LogP contribution in [0.2, 0.25) is 0 Å². The third-order valence-corrected chi connectivity index (χ3v) is 4.76. The van der Waals surface area contributed by atoms with Gasteiger partial charge < -0.3 is 14.1 Å². The number of carbonyl (C=O) groups excluding carboxylic acids is 2. The van der Waals surface area contributed by atoms with Crippen molar-refractivity contribution >= 4 is 22.8 Å². The maximum atomic E-state index is 12.3. The van der Waals surface area contributed by atoms with Gasteiger partial charge in [-0.25, -0.2) is 0 Å². The van der Waals surface area contributed by atoms with Crippen molar-refractivity contribution in [1.82, 2.24) is 4.90 Å². The fraction of sp³-hybridized carbons (Fsp3) is 0.273. The molecule has 2 aromatic carbocycles. The lowest BCUT2D eigenvalue weighted by Crippen LogP contribution is -2.33. The predicted octanol–water partition coefficient (Wildman–Crippen LogP) is 4.05. The van der Waals surface area contributed by atoms with Gasteiger partial charge in [0, 0.05) is 18.0 Å². The highest BCUT2D eigenvalue weighted by Gasteiger charge is 2.19. The van der Waals surface area contributed by atoms with E-state index in [9.17, 15) is 9.59 Å². The summed E-state index contributed by atoms with van der Waals surface area (Å²) < 4.78 is 10.7. The summed E-state index contributed by atoms with van der Waals surface area (Å²) in [4.78, 5) is 26.1. The van der Waals surface area contributed by atoms with Gasteiger partial charge in [-0.1, -0.05) is 42.5 Å². The standard InChI is InChI=1S/C22H23NO4/c1-15-9-10-19-18(13-26-20(19)11-15)12-22(25)27-14-21(24)23(3)16(2)17-7-5-4-6-8-17/h4-11,13,16H,12,14H2,1-3H3. The number of amides is 1. The molecule has 0 aliphatic carbocycles. The van der Waals surface area contributed by atoms with Gasteiger partial charge in [0.1, 0.15) is 5.58 Å². The SMILES string of the molecule is Cc1ccc2c(CC(=O)OCC(=O)N(C)C(C)c3ccccc3)coc2c1. The monoisotopic (exact) mass is 365 g/mol. The van der Waals surface area contributed by atoms with Crippen LogP contribution < -0.4 is 0 Å². The maximum absolute atomic E-state index is 12.3. The second kappa shape index (κ2) is 8.08. The van der Waals surface area contributed by atoms with Gasteiger partial charge in [-0.3, -0.25) is 9.59 Å². The minimum atomic E-state index is -0.451. The molecule has 5 nitrogen and oxygen atoms in total. The highest BCUT2D eigenvalue weighted by molar-refractivity contribution is 5.87. The molecular formula is C22H23NO4. The van der Waals surface area contributed by atoms with Gasteiger partial charge in [0.25, 0.3) is 5.91 Å². The molecule has 140 valence electrons. The van der Waals surface area contributed by atoms with E-state index < -0.39 is 5.97 Å². The van der Waals surface area contributed by atoms with Crippen LogP contribution in [-0.2, 0) is 20.7 Å². The van der Waals surface area contributed by atoms with Crippen LogP contribution in [0.1, 0.15) is 29.7 Å². The number of ether oxygens (including phenoxy) is 1. The zero-order valence-corrected chi connectivity index (χ0v) is 15.8. The number of carbonyl (C=O) groups is 2. The van der Waals surface area contributed by atoms with Crippen LogP contribution in [0.4, 0.5) is 0 Å². The molecule has 3 rings (SSSR count). The van der Waals surface area contributed by atoms with Gasteiger partial charge in [-0.05, 0) is 31.0 Å². The molecule has 0 radical (unpaired) electrons. The van der Waals surface area contributed by atoms with Crippen molar-refractivity contribution in [2.45, 2.75) is 26.3 Å². The fourth-order valence-electron chi connectivity index (χ4n) is 2.95. The Kier molecular flexibility index (Phi) is 5.60. The minimum Gasteiger partial charge on any atom is -0.464 e. The van der Waals surface area contributed by atoms with Crippen LogP contribution in [0.3, 0.4) is 0 Å². The number of esters is 1. The minimum absolute atomic E-state index is 0.0707. The number of hydrogen-bond acceptors (Lipinski definition) is 4. The Labute approximate surface area is 158 Å². The Bertz CT molecular complexity index is 945. The normalized spacial score (nSPS) is 12.0. The molecule has 1 atom stereocenters. The second-order valence-electron chi connectivity index (χ2n) is 6.69. The lowest BCUT2D eigenvalue weighted by molar-refractivity contribution is -0.151. The van der Waals surface area contributed by atoms with E-state index in [1.807, 2.05) is 62.4 Å². The fourth-order valence-corrected chi connectivity index (χ4v) is 2.95. The molecule has 0 saturated carbocycles. The number of fused-ring (bicyclic) bond motifs is 1. The van der Waals surface area contributed by atoms with Crippen molar-refractivity contribution in [3.05, 3.63) is 71.5 Å². The summed E-state index contributed by atoms with van der Waals surface area (Å²) in [7, 11) is 1.71.